The lowest BCUT2D eigenvalue weighted by molar-refractivity contribution is -0.0500. The maximum absolute atomic E-state index is 12.5. The Labute approximate surface area is 222 Å². The van der Waals surface area contributed by atoms with Crippen molar-refractivity contribution in [3.63, 3.8) is 0 Å². The number of hydrogen-bond donors (Lipinski definition) is 2. The first-order valence-electron chi connectivity index (χ1n) is 11.5. The van der Waals surface area contributed by atoms with Crippen molar-refractivity contribution in [2.45, 2.75) is 50.0 Å². The molecule has 2 aromatic rings. The van der Waals surface area contributed by atoms with E-state index < -0.39 is 22.7 Å². The number of nitrogens with one attached hydrogen (secondary N) is 2. The summed E-state index contributed by atoms with van der Waals surface area (Å²) in [6.45, 7) is -3.08. The lowest BCUT2D eigenvalue weighted by atomic mass is 9.99. The number of carbonyl (C=O) groups excluding carboxylic acids is 3. The summed E-state index contributed by atoms with van der Waals surface area (Å²) in [5, 5.41) is 2.73. The highest BCUT2D eigenvalue weighted by Gasteiger charge is 2.26. The lowest BCUT2D eigenvalue weighted by Crippen LogP contribution is -2.35. The molecule has 0 unspecified atom stereocenters. The molecule has 4 rings (SSSR count). The van der Waals surface area contributed by atoms with Gasteiger partial charge in [-0.15, -0.1) is 0 Å². The average Bonchev–Trinajstić information content (AvgIpc) is 3.56. The lowest BCUT2D eigenvalue weighted by Gasteiger charge is -2.16. The third kappa shape index (κ3) is 8.07. The Balaban J connectivity index is 0.000000360. The number of aryl methyl sites for hydroxylation is 2. The van der Waals surface area contributed by atoms with Crippen molar-refractivity contribution in [2.24, 2.45) is 0 Å². The molecule has 39 heavy (non-hydrogen) atoms. The number of hydrogen-bond acceptors (Lipinski definition) is 6. The van der Waals surface area contributed by atoms with Gasteiger partial charge >= 0.3 is 12.6 Å². The van der Waals surface area contributed by atoms with Crippen molar-refractivity contribution in [2.75, 3.05) is 5.32 Å². The normalized spacial score (nSPS) is 12.2. The Morgan fingerprint density at radius 2 is 1.41 bits per heavy atom. The molecular weight excluding hydrogens is 530 g/mol. The van der Waals surface area contributed by atoms with Gasteiger partial charge in [-0.1, -0.05) is 12.1 Å². The zero-order valence-corrected chi connectivity index (χ0v) is 21.1. The molecule has 0 heterocycles. The van der Waals surface area contributed by atoms with E-state index in [1.54, 1.807) is 0 Å². The maximum atomic E-state index is 12.5. The van der Waals surface area contributed by atoms with Crippen LogP contribution in [0.25, 0.3) is 0 Å². The molecule has 2 amide bonds. The fourth-order valence-corrected chi connectivity index (χ4v) is 5.22. The van der Waals surface area contributed by atoms with Crippen molar-refractivity contribution >= 4 is 33.6 Å². The number of halogens is 2. The van der Waals surface area contributed by atoms with Gasteiger partial charge in [0.25, 0.3) is 10.0 Å². The maximum Gasteiger partial charge on any atom is 0.387 e. The predicted octanol–water partition coefficient (Wildman–Crippen LogP) is 3.91. The zero-order valence-electron chi connectivity index (χ0n) is 20.3. The van der Waals surface area contributed by atoms with Gasteiger partial charge in [-0.25, -0.2) is 27.5 Å². The smallest absolute Gasteiger partial charge is 0.387 e. The van der Waals surface area contributed by atoms with Crippen molar-refractivity contribution in [3.8, 4) is 5.75 Å². The average molecular weight is 551 g/mol. The molecule has 0 saturated carbocycles. The number of urea groups is 1. The first-order chi connectivity index (χ1) is 18.7. The zero-order chi connectivity index (χ0) is 28.3. The Hall–Kier alpha value is -4.84. The summed E-state index contributed by atoms with van der Waals surface area (Å²) in [5.41, 5.74) is 17.8. The topological polar surface area (TPSA) is 119 Å². The molecule has 2 aliphatic rings. The van der Waals surface area contributed by atoms with E-state index in [1.165, 1.54) is 41.2 Å². The molecule has 2 N–H and O–H groups in total. The van der Waals surface area contributed by atoms with Gasteiger partial charge in [0.1, 0.15) is 5.75 Å². The van der Waals surface area contributed by atoms with Gasteiger partial charge in [0.05, 0.1) is 4.90 Å². The second kappa shape index (κ2) is 13.6. The third-order valence-electron chi connectivity index (χ3n) is 5.69. The Kier molecular flexibility index (Phi) is 10.0. The van der Waals surface area contributed by atoms with Crippen LogP contribution in [0, 0.1) is 0 Å². The fraction of sp³-hybridized carbons (Fsp3) is 0.250. The van der Waals surface area contributed by atoms with Crippen LogP contribution in [0.1, 0.15) is 35.1 Å². The van der Waals surface area contributed by atoms with Crippen molar-refractivity contribution in [1.29, 1.82) is 0 Å². The number of benzene rings is 2. The number of ether oxygens (including phenoxy) is 1. The van der Waals surface area contributed by atoms with E-state index in [1.807, 2.05) is 16.2 Å². The number of anilines is 1. The van der Waals surface area contributed by atoms with Gasteiger partial charge in [-0.2, -0.15) is 8.78 Å². The SMILES string of the molecule is O=C(Nc1c2c(cc3c1CCC3)CCC2)NS(=O)(=O)c1cccc(OC(F)F)c1.O=C=C=C=C=C=C=C=C=O. The summed E-state index contributed by atoms with van der Waals surface area (Å²) in [5.74, 6) is 2.34. The molecular formula is C28H20F2N2O6S. The van der Waals surface area contributed by atoms with E-state index in [9.17, 15) is 31.6 Å². The Morgan fingerprint density at radius 1 is 0.846 bits per heavy atom. The Bertz CT molecular complexity index is 1610. The van der Waals surface area contributed by atoms with Gasteiger partial charge in [-0.05, 0) is 72.9 Å². The van der Waals surface area contributed by atoms with E-state index in [-0.39, 0.29) is 10.6 Å². The highest BCUT2D eigenvalue weighted by atomic mass is 32.2. The van der Waals surface area contributed by atoms with E-state index >= 15 is 0 Å². The van der Waals surface area contributed by atoms with Crippen molar-refractivity contribution < 1.29 is 36.3 Å². The molecule has 0 spiro atoms. The van der Waals surface area contributed by atoms with Crippen LogP contribution < -0.4 is 14.8 Å². The molecule has 8 nitrogen and oxygen atoms in total. The summed E-state index contributed by atoms with van der Waals surface area (Å²) in [6, 6.07) is 5.95. The van der Waals surface area contributed by atoms with Crippen molar-refractivity contribution in [3.05, 3.63) is 87.0 Å². The first-order valence-corrected chi connectivity index (χ1v) is 13.0. The van der Waals surface area contributed by atoms with E-state index in [0.29, 0.717) is 0 Å². The second-order valence-electron chi connectivity index (χ2n) is 8.10. The second-order valence-corrected chi connectivity index (χ2v) is 9.78. The summed E-state index contributed by atoms with van der Waals surface area (Å²) >= 11 is 0. The number of rotatable bonds is 5. The number of amides is 2. The van der Waals surface area contributed by atoms with Gasteiger partial charge < -0.3 is 10.1 Å². The molecule has 0 radical (unpaired) electrons. The van der Waals surface area contributed by atoms with Crippen LogP contribution in [-0.2, 0) is 45.3 Å². The minimum absolute atomic E-state index is 0.304. The largest absolute Gasteiger partial charge is 0.435 e. The fourth-order valence-electron chi connectivity index (χ4n) is 4.28. The highest BCUT2D eigenvalue weighted by Crippen LogP contribution is 2.38. The molecule has 0 fully saturated rings. The molecule has 2 aliphatic carbocycles. The van der Waals surface area contributed by atoms with Crippen LogP contribution in [0.3, 0.4) is 0 Å². The van der Waals surface area contributed by atoms with E-state index in [2.05, 4.69) is 39.0 Å². The molecule has 0 atom stereocenters. The van der Waals surface area contributed by atoms with E-state index in [0.717, 1.165) is 61.4 Å². The van der Waals surface area contributed by atoms with Crippen LogP contribution >= 0.6 is 0 Å². The highest BCUT2D eigenvalue weighted by molar-refractivity contribution is 7.90. The number of alkyl halides is 2. The summed E-state index contributed by atoms with van der Waals surface area (Å²) in [7, 11) is -4.25. The monoisotopic (exact) mass is 550 g/mol. The third-order valence-corrected chi connectivity index (χ3v) is 7.02. The van der Waals surface area contributed by atoms with Gasteiger partial charge in [-0.3, -0.25) is 0 Å². The van der Waals surface area contributed by atoms with Gasteiger partial charge in [0.15, 0.2) is 11.9 Å². The first kappa shape index (κ1) is 28.7. The molecule has 11 heteroatoms. The van der Waals surface area contributed by atoms with Gasteiger partial charge in [0.2, 0.25) is 0 Å². The van der Waals surface area contributed by atoms with E-state index in [4.69, 9.17) is 0 Å². The summed E-state index contributed by atoms with van der Waals surface area (Å²) in [6.07, 6.45) is 5.60. The van der Waals surface area contributed by atoms with Crippen LogP contribution in [0.5, 0.6) is 5.75 Å². The summed E-state index contributed by atoms with van der Waals surface area (Å²) < 4.78 is 56.0. The standard InChI is InChI=1S/C20H20F2N2O4S.C8O2/c21-19(22)28-14-6-3-7-15(11-14)29(26,27)24-20(25)23-18-16-8-1-4-12(16)10-13-5-2-9-17(13)18;9-7-5-3-1-2-4-6-8-10/h3,6-7,10-11,19H,1-2,4-5,8-9H2,(H2,23,24,25);. The molecule has 0 saturated heterocycles. The van der Waals surface area contributed by atoms with Crippen LogP contribution in [0.4, 0.5) is 19.3 Å². The Morgan fingerprint density at radius 3 is 1.95 bits per heavy atom. The van der Waals surface area contributed by atoms with Crippen LogP contribution in [-0.4, -0.2) is 32.9 Å². The number of sulfonamides is 1. The summed E-state index contributed by atoms with van der Waals surface area (Å²) in [4.78, 5) is 31.0. The molecule has 198 valence electrons. The number of carbonyl (C=O) groups is 1. The molecule has 0 aromatic heterocycles. The molecule has 0 bridgehead atoms. The van der Waals surface area contributed by atoms with Crippen molar-refractivity contribution in [1.82, 2.24) is 4.72 Å². The van der Waals surface area contributed by atoms with Gasteiger partial charge in [0, 0.05) is 46.1 Å². The minimum atomic E-state index is -4.25. The predicted molar refractivity (Wildman–Crippen MR) is 135 cm³/mol. The van der Waals surface area contributed by atoms with Crippen LogP contribution in [0.2, 0.25) is 0 Å². The molecule has 0 aliphatic heterocycles. The molecule has 2 aromatic carbocycles. The van der Waals surface area contributed by atoms with Crippen LogP contribution in [0.15, 0.2) is 69.6 Å². The minimum Gasteiger partial charge on any atom is -0.435 e. The number of fused-ring (bicyclic) bond motifs is 2. The quantitative estimate of drug-likeness (QED) is 0.431.